The highest BCUT2D eigenvalue weighted by Gasteiger charge is 2.23. The van der Waals surface area contributed by atoms with Crippen LogP contribution in [-0.2, 0) is 0 Å². The molecular formula is C21H22N4O3. The molecule has 0 atom stereocenters. The van der Waals surface area contributed by atoms with E-state index in [4.69, 9.17) is 0 Å². The molecule has 1 aliphatic rings. The molecule has 7 heteroatoms. The fourth-order valence-corrected chi connectivity index (χ4v) is 3.68. The molecule has 1 amide bonds. The molecule has 0 saturated carbocycles. The Hall–Kier alpha value is -3.19. The Morgan fingerprint density at radius 1 is 1.18 bits per heavy atom. The summed E-state index contributed by atoms with van der Waals surface area (Å²) in [6.07, 6.45) is 1.26. The largest absolute Gasteiger partial charge is 0.506 e. The number of hydrogen-bond donors (Lipinski definition) is 2. The lowest BCUT2D eigenvalue weighted by atomic mass is 9.97. The number of aromatic amines is 1. The molecule has 0 radical (unpaired) electrons. The Balaban J connectivity index is 1.75. The summed E-state index contributed by atoms with van der Waals surface area (Å²) in [5.41, 5.74) is 1.77. The van der Waals surface area contributed by atoms with E-state index in [0.29, 0.717) is 29.8 Å². The minimum atomic E-state index is -0.332. The molecule has 0 spiro atoms. The number of likely N-dealkylation sites (N-methyl/N-ethyl adjacent to an activating group) is 1. The number of rotatable bonds is 3. The summed E-state index contributed by atoms with van der Waals surface area (Å²) >= 11 is 0. The van der Waals surface area contributed by atoms with Gasteiger partial charge in [0.2, 0.25) is 0 Å². The van der Waals surface area contributed by atoms with Crippen LogP contribution in [0.4, 0.5) is 0 Å². The molecule has 4 rings (SSSR count). The summed E-state index contributed by atoms with van der Waals surface area (Å²) in [6.45, 7) is 6.21. The van der Waals surface area contributed by atoms with Crippen LogP contribution in [-0.4, -0.2) is 63.5 Å². The quantitative estimate of drug-likeness (QED) is 0.728. The van der Waals surface area contributed by atoms with Crippen molar-refractivity contribution < 1.29 is 9.90 Å². The van der Waals surface area contributed by atoms with Gasteiger partial charge in [0, 0.05) is 31.7 Å². The van der Waals surface area contributed by atoms with Crippen molar-refractivity contribution >= 4 is 16.8 Å². The molecule has 7 nitrogen and oxygen atoms in total. The van der Waals surface area contributed by atoms with Crippen LogP contribution in [0.3, 0.4) is 0 Å². The predicted octanol–water partition coefficient (Wildman–Crippen LogP) is 2.07. The highest BCUT2D eigenvalue weighted by molar-refractivity contribution is 6.02. The van der Waals surface area contributed by atoms with Gasteiger partial charge in [0.1, 0.15) is 11.3 Å². The van der Waals surface area contributed by atoms with Gasteiger partial charge in [-0.05, 0) is 35.9 Å². The number of piperazine rings is 1. The number of phenolic OH excluding ortho intramolecular Hbond substituents is 1. The second-order valence-corrected chi connectivity index (χ2v) is 6.90. The van der Waals surface area contributed by atoms with Crippen LogP contribution in [0.25, 0.3) is 22.0 Å². The van der Waals surface area contributed by atoms with Crippen molar-refractivity contribution in [3.05, 3.63) is 58.6 Å². The van der Waals surface area contributed by atoms with Crippen molar-refractivity contribution in [2.24, 2.45) is 0 Å². The lowest BCUT2D eigenvalue weighted by molar-refractivity contribution is 0.0644. The number of carbonyl (C=O) groups excluding carboxylic acids is 1. The SMILES string of the molecule is CCN1CCN(C(=O)c2ccccc2-c2cc(O)c3nc[nH]c(=O)c3c2)CC1. The number of aromatic hydroxyl groups is 1. The van der Waals surface area contributed by atoms with Crippen molar-refractivity contribution in [2.75, 3.05) is 32.7 Å². The summed E-state index contributed by atoms with van der Waals surface area (Å²) in [5, 5.41) is 10.6. The summed E-state index contributed by atoms with van der Waals surface area (Å²) < 4.78 is 0. The summed E-state index contributed by atoms with van der Waals surface area (Å²) in [6, 6.07) is 10.5. The van der Waals surface area contributed by atoms with Crippen LogP contribution in [0.5, 0.6) is 5.75 Å². The topological polar surface area (TPSA) is 89.5 Å². The molecule has 2 aromatic carbocycles. The molecule has 28 heavy (non-hydrogen) atoms. The van der Waals surface area contributed by atoms with Crippen molar-refractivity contribution in [2.45, 2.75) is 6.92 Å². The maximum absolute atomic E-state index is 13.2. The number of benzene rings is 2. The number of phenols is 1. The molecule has 0 bridgehead atoms. The summed E-state index contributed by atoms with van der Waals surface area (Å²) in [7, 11) is 0. The number of hydrogen-bond acceptors (Lipinski definition) is 5. The first kappa shape index (κ1) is 18.2. The second-order valence-electron chi connectivity index (χ2n) is 6.90. The maximum atomic E-state index is 13.2. The van der Waals surface area contributed by atoms with Crippen LogP contribution in [0.15, 0.2) is 47.5 Å². The Morgan fingerprint density at radius 3 is 2.68 bits per heavy atom. The van der Waals surface area contributed by atoms with Gasteiger partial charge in [0.25, 0.3) is 11.5 Å². The van der Waals surface area contributed by atoms with E-state index in [1.807, 2.05) is 23.1 Å². The van der Waals surface area contributed by atoms with Gasteiger partial charge in [-0.2, -0.15) is 0 Å². The number of aromatic nitrogens is 2. The molecule has 0 unspecified atom stereocenters. The summed E-state index contributed by atoms with van der Waals surface area (Å²) in [5.74, 6) is -0.122. The minimum absolute atomic E-state index is 0.0361. The monoisotopic (exact) mass is 378 g/mol. The molecule has 1 saturated heterocycles. The third-order valence-electron chi connectivity index (χ3n) is 5.30. The van der Waals surface area contributed by atoms with Gasteiger partial charge in [-0.25, -0.2) is 4.98 Å². The molecule has 1 fully saturated rings. The molecule has 2 N–H and O–H groups in total. The van der Waals surface area contributed by atoms with Gasteiger partial charge in [-0.1, -0.05) is 25.1 Å². The second kappa shape index (κ2) is 7.44. The third kappa shape index (κ3) is 3.25. The van der Waals surface area contributed by atoms with Crippen molar-refractivity contribution in [3.8, 4) is 16.9 Å². The van der Waals surface area contributed by atoms with Crippen LogP contribution >= 0.6 is 0 Å². The van der Waals surface area contributed by atoms with Gasteiger partial charge in [0.05, 0.1) is 11.7 Å². The smallest absolute Gasteiger partial charge is 0.258 e. The zero-order valence-corrected chi connectivity index (χ0v) is 15.7. The van der Waals surface area contributed by atoms with Gasteiger partial charge < -0.3 is 19.9 Å². The minimum Gasteiger partial charge on any atom is -0.506 e. The Morgan fingerprint density at radius 2 is 1.93 bits per heavy atom. The first-order chi connectivity index (χ1) is 13.6. The fourth-order valence-electron chi connectivity index (χ4n) is 3.68. The van der Waals surface area contributed by atoms with Crippen molar-refractivity contribution in [1.82, 2.24) is 19.8 Å². The van der Waals surface area contributed by atoms with Crippen LogP contribution < -0.4 is 5.56 Å². The van der Waals surface area contributed by atoms with E-state index in [9.17, 15) is 14.7 Å². The number of nitrogens with zero attached hydrogens (tertiary/aromatic N) is 3. The van der Waals surface area contributed by atoms with Crippen LogP contribution in [0.2, 0.25) is 0 Å². The lowest BCUT2D eigenvalue weighted by Crippen LogP contribution is -2.48. The van der Waals surface area contributed by atoms with Gasteiger partial charge in [-0.15, -0.1) is 0 Å². The van der Waals surface area contributed by atoms with Gasteiger partial charge in [0.15, 0.2) is 0 Å². The highest BCUT2D eigenvalue weighted by Crippen LogP contribution is 2.31. The molecular weight excluding hydrogens is 356 g/mol. The number of H-pyrrole nitrogens is 1. The molecule has 144 valence electrons. The van der Waals surface area contributed by atoms with E-state index < -0.39 is 0 Å². The molecule has 1 aliphatic heterocycles. The van der Waals surface area contributed by atoms with E-state index in [2.05, 4.69) is 21.8 Å². The Bertz CT molecular complexity index is 1080. The Kier molecular flexibility index (Phi) is 4.83. The average molecular weight is 378 g/mol. The number of fused-ring (bicyclic) bond motifs is 1. The standard InChI is InChI=1S/C21H22N4O3/c1-2-24-7-9-25(10-8-24)21(28)16-6-4-3-5-15(16)14-11-17-19(18(26)12-14)22-13-23-20(17)27/h3-6,11-13,26H,2,7-10H2,1H3,(H,22,23,27). The fraction of sp³-hybridized carbons (Fsp3) is 0.286. The first-order valence-electron chi connectivity index (χ1n) is 9.40. The average Bonchev–Trinajstić information content (AvgIpc) is 2.74. The summed E-state index contributed by atoms with van der Waals surface area (Å²) in [4.78, 5) is 36.1. The van der Waals surface area contributed by atoms with E-state index in [1.54, 1.807) is 18.2 Å². The first-order valence-corrected chi connectivity index (χ1v) is 9.40. The van der Waals surface area contributed by atoms with Crippen molar-refractivity contribution in [3.63, 3.8) is 0 Å². The normalized spacial score (nSPS) is 15.1. The molecule has 0 aliphatic carbocycles. The lowest BCUT2D eigenvalue weighted by Gasteiger charge is -2.34. The Labute approximate surface area is 162 Å². The number of amides is 1. The van der Waals surface area contributed by atoms with Crippen LogP contribution in [0, 0.1) is 0 Å². The maximum Gasteiger partial charge on any atom is 0.258 e. The zero-order valence-electron chi connectivity index (χ0n) is 15.7. The third-order valence-corrected chi connectivity index (χ3v) is 5.30. The van der Waals surface area contributed by atoms with E-state index >= 15 is 0 Å². The van der Waals surface area contributed by atoms with Gasteiger partial charge >= 0.3 is 0 Å². The zero-order chi connectivity index (χ0) is 19.7. The van der Waals surface area contributed by atoms with Crippen molar-refractivity contribution in [1.29, 1.82) is 0 Å². The predicted molar refractivity (Wildman–Crippen MR) is 107 cm³/mol. The molecule has 3 aromatic rings. The number of carbonyl (C=O) groups is 1. The van der Waals surface area contributed by atoms with Crippen LogP contribution in [0.1, 0.15) is 17.3 Å². The van der Waals surface area contributed by atoms with E-state index in [-0.39, 0.29) is 28.1 Å². The molecule has 2 heterocycles. The van der Waals surface area contributed by atoms with Gasteiger partial charge in [-0.3, -0.25) is 9.59 Å². The van der Waals surface area contributed by atoms with E-state index in [0.717, 1.165) is 19.6 Å². The van der Waals surface area contributed by atoms with E-state index in [1.165, 1.54) is 6.33 Å². The number of nitrogens with one attached hydrogen (secondary N) is 1. The molecule has 1 aromatic heterocycles. The highest BCUT2D eigenvalue weighted by atomic mass is 16.3.